The van der Waals surface area contributed by atoms with E-state index in [1.54, 1.807) is 6.08 Å². The van der Waals surface area contributed by atoms with Crippen LogP contribution in [-0.2, 0) is 0 Å². The van der Waals surface area contributed by atoms with Gasteiger partial charge in [0.2, 0.25) is 0 Å². The first kappa shape index (κ1) is 18.6. The average Bonchev–Trinajstić information content (AvgIpc) is 2.45. The minimum Gasteiger partial charge on any atom is -0.339 e. The zero-order chi connectivity index (χ0) is 15.5. The SMILES string of the molecule is C=C/C(P)=C(\C(=C)F)N(CC)c1ccccc1.CCC. The van der Waals surface area contributed by atoms with Gasteiger partial charge in [-0.15, -0.1) is 9.24 Å². The molecule has 1 aromatic carbocycles. The molecule has 0 N–H and O–H groups in total. The number of likely N-dealkylation sites (N-methyl/N-ethyl adjacent to an activating group) is 1. The predicted molar refractivity (Wildman–Crippen MR) is 92.6 cm³/mol. The topological polar surface area (TPSA) is 3.24 Å². The smallest absolute Gasteiger partial charge is 0.140 e. The summed E-state index contributed by atoms with van der Waals surface area (Å²) in [6.45, 7) is 13.9. The Bertz CT molecular complexity index is 451. The molecular weight excluding hydrogens is 268 g/mol. The van der Waals surface area contributed by atoms with Gasteiger partial charge in [-0.2, -0.15) is 0 Å². The fraction of sp³-hybridized carbons (Fsp3) is 0.294. The van der Waals surface area contributed by atoms with Crippen molar-refractivity contribution in [3.8, 4) is 0 Å². The summed E-state index contributed by atoms with van der Waals surface area (Å²) in [6.07, 6.45) is 2.86. The molecule has 0 aromatic heterocycles. The van der Waals surface area contributed by atoms with Gasteiger partial charge in [0, 0.05) is 12.2 Å². The number of anilines is 1. The van der Waals surface area contributed by atoms with Crippen molar-refractivity contribution in [2.45, 2.75) is 27.2 Å². The molecule has 0 amide bonds. The van der Waals surface area contributed by atoms with Gasteiger partial charge < -0.3 is 4.90 Å². The summed E-state index contributed by atoms with van der Waals surface area (Å²) in [5.74, 6) is -0.458. The third-order valence-corrected chi connectivity index (χ3v) is 2.91. The Balaban J connectivity index is 0.00000110. The Kier molecular flexibility index (Phi) is 9.67. The second kappa shape index (κ2) is 10.4. The van der Waals surface area contributed by atoms with E-state index >= 15 is 0 Å². The van der Waals surface area contributed by atoms with Crippen molar-refractivity contribution in [3.63, 3.8) is 0 Å². The maximum Gasteiger partial charge on any atom is 0.140 e. The van der Waals surface area contributed by atoms with E-state index in [2.05, 4.69) is 36.2 Å². The quantitative estimate of drug-likeness (QED) is 0.498. The molecule has 1 unspecified atom stereocenters. The highest BCUT2D eigenvalue weighted by Crippen LogP contribution is 2.28. The van der Waals surface area contributed by atoms with Crippen LogP contribution in [0.15, 0.2) is 66.4 Å². The number of halogens is 1. The van der Waals surface area contributed by atoms with Crippen LogP contribution in [0.4, 0.5) is 10.1 Å². The molecule has 0 saturated carbocycles. The van der Waals surface area contributed by atoms with Crippen LogP contribution in [-0.4, -0.2) is 6.54 Å². The number of hydrogen-bond acceptors (Lipinski definition) is 1. The van der Waals surface area contributed by atoms with Crippen LogP contribution in [0.25, 0.3) is 0 Å². The zero-order valence-corrected chi connectivity index (χ0v) is 13.8. The number of benzene rings is 1. The molecule has 1 rings (SSSR count). The van der Waals surface area contributed by atoms with E-state index in [0.717, 1.165) is 5.69 Å². The molecule has 0 heterocycles. The molecule has 0 bridgehead atoms. The molecule has 0 radical (unpaired) electrons. The van der Waals surface area contributed by atoms with Gasteiger partial charge in [-0.3, -0.25) is 0 Å². The molecule has 0 spiro atoms. The van der Waals surface area contributed by atoms with Crippen LogP contribution >= 0.6 is 9.24 Å². The van der Waals surface area contributed by atoms with Gasteiger partial charge in [0.15, 0.2) is 0 Å². The summed E-state index contributed by atoms with van der Waals surface area (Å²) in [5.41, 5.74) is 1.39. The van der Waals surface area contributed by atoms with Crippen molar-refractivity contribution in [2.75, 3.05) is 11.4 Å². The summed E-state index contributed by atoms with van der Waals surface area (Å²) >= 11 is 0. The Labute approximate surface area is 125 Å². The first-order valence-electron chi connectivity index (χ1n) is 6.82. The predicted octanol–water partition coefficient (Wildman–Crippen LogP) is 5.69. The number of nitrogens with zero attached hydrogens (tertiary/aromatic N) is 1. The van der Waals surface area contributed by atoms with Crippen molar-refractivity contribution in [1.82, 2.24) is 0 Å². The minimum atomic E-state index is -0.458. The number of hydrogen-bond donors (Lipinski definition) is 0. The van der Waals surface area contributed by atoms with E-state index < -0.39 is 5.83 Å². The van der Waals surface area contributed by atoms with E-state index in [9.17, 15) is 4.39 Å². The molecule has 0 saturated heterocycles. The largest absolute Gasteiger partial charge is 0.339 e. The van der Waals surface area contributed by atoms with Gasteiger partial charge >= 0.3 is 0 Å². The first-order chi connectivity index (χ1) is 9.53. The van der Waals surface area contributed by atoms with Crippen LogP contribution < -0.4 is 4.90 Å². The molecule has 20 heavy (non-hydrogen) atoms. The van der Waals surface area contributed by atoms with Gasteiger partial charge in [-0.05, 0) is 24.4 Å². The van der Waals surface area contributed by atoms with Gasteiger partial charge in [0.05, 0.1) is 5.70 Å². The molecule has 1 nitrogen and oxygen atoms in total. The normalized spacial score (nSPS) is 10.8. The van der Waals surface area contributed by atoms with Gasteiger partial charge in [0.1, 0.15) is 5.83 Å². The summed E-state index contributed by atoms with van der Waals surface area (Å²) in [7, 11) is 2.49. The lowest BCUT2D eigenvalue weighted by Crippen LogP contribution is -2.22. The summed E-state index contributed by atoms with van der Waals surface area (Å²) < 4.78 is 13.6. The summed E-state index contributed by atoms with van der Waals surface area (Å²) in [6, 6.07) is 9.65. The third kappa shape index (κ3) is 5.71. The molecule has 1 atom stereocenters. The molecule has 3 heteroatoms. The number of para-hydroxylation sites is 1. The fourth-order valence-electron chi connectivity index (χ4n) is 1.63. The van der Waals surface area contributed by atoms with Crippen LogP contribution in [0.3, 0.4) is 0 Å². The van der Waals surface area contributed by atoms with Crippen LogP contribution in [0, 0.1) is 0 Å². The standard InChI is InChI=1S/C14H17FNP.C3H8/c1-4-13(17)14(11(3)15)16(5-2)12-9-7-6-8-10-12;1-3-2/h4,6-10H,1,3,5,17H2,2H3;3H2,1-2H3/b14-13-;. The molecule has 110 valence electrons. The molecule has 0 aliphatic heterocycles. The van der Waals surface area contributed by atoms with Gasteiger partial charge in [0.25, 0.3) is 0 Å². The van der Waals surface area contributed by atoms with Crippen molar-refractivity contribution in [3.05, 3.63) is 66.4 Å². The maximum absolute atomic E-state index is 13.6. The lowest BCUT2D eigenvalue weighted by Gasteiger charge is -2.26. The van der Waals surface area contributed by atoms with E-state index in [0.29, 0.717) is 17.6 Å². The Hall–Kier alpha value is -1.40. The second-order valence-corrected chi connectivity index (χ2v) is 4.82. The summed E-state index contributed by atoms with van der Waals surface area (Å²) in [4.78, 5) is 1.87. The highest BCUT2D eigenvalue weighted by molar-refractivity contribution is 7.23. The van der Waals surface area contributed by atoms with Crippen LogP contribution in [0.5, 0.6) is 0 Å². The van der Waals surface area contributed by atoms with Crippen molar-refractivity contribution in [1.29, 1.82) is 0 Å². The highest BCUT2D eigenvalue weighted by atomic mass is 31.0. The Morgan fingerprint density at radius 2 is 1.75 bits per heavy atom. The van der Waals surface area contributed by atoms with E-state index in [1.165, 1.54) is 6.42 Å². The van der Waals surface area contributed by atoms with E-state index in [4.69, 9.17) is 0 Å². The third-order valence-electron chi connectivity index (χ3n) is 2.40. The number of rotatable bonds is 5. The second-order valence-electron chi connectivity index (χ2n) is 4.20. The fourth-order valence-corrected chi connectivity index (χ4v) is 1.95. The van der Waals surface area contributed by atoms with Gasteiger partial charge in [-0.1, -0.05) is 57.7 Å². The number of allylic oxidation sites excluding steroid dienone is 3. The molecule has 0 aliphatic rings. The van der Waals surface area contributed by atoms with Gasteiger partial charge in [-0.25, -0.2) is 4.39 Å². The lowest BCUT2D eigenvalue weighted by molar-refractivity contribution is 0.643. The monoisotopic (exact) mass is 293 g/mol. The molecular formula is C17H25FNP. The van der Waals surface area contributed by atoms with Crippen molar-refractivity contribution < 1.29 is 4.39 Å². The molecule has 1 aromatic rings. The lowest BCUT2D eigenvalue weighted by atomic mass is 10.2. The first-order valence-corrected chi connectivity index (χ1v) is 7.40. The molecule has 0 fully saturated rings. The molecule has 0 aliphatic carbocycles. The minimum absolute atomic E-state index is 0.457. The Morgan fingerprint density at radius 3 is 2.10 bits per heavy atom. The highest BCUT2D eigenvalue weighted by Gasteiger charge is 2.15. The van der Waals surface area contributed by atoms with Crippen LogP contribution in [0.1, 0.15) is 27.2 Å². The maximum atomic E-state index is 13.6. The zero-order valence-electron chi connectivity index (χ0n) is 12.7. The Morgan fingerprint density at radius 1 is 1.25 bits per heavy atom. The van der Waals surface area contributed by atoms with Crippen LogP contribution in [0.2, 0.25) is 0 Å². The average molecular weight is 293 g/mol. The summed E-state index contributed by atoms with van der Waals surface area (Å²) in [5, 5.41) is 0.697. The van der Waals surface area contributed by atoms with Crippen molar-refractivity contribution >= 4 is 14.9 Å². The van der Waals surface area contributed by atoms with E-state index in [1.807, 2.05) is 42.2 Å². The van der Waals surface area contributed by atoms with E-state index in [-0.39, 0.29) is 0 Å². The van der Waals surface area contributed by atoms with Crippen molar-refractivity contribution in [2.24, 2.45) is 0 Å².